The topological polar surface area (TPSA) is 87.7 Å². The number of nitrogens with one attached hydrogen (secondary N) is 2. The number of hydrogen-bond donors (Lipinski definition) is 2. The number of halogens is 3. The number of carbonyl (C=O) groups excluding carboxylic acids is 3. The molecule has 1 aliphatic heterocycles. The van der Waals surface area contributed by atoms with Gasteiger partial charge in [-0.05, 0) is 37.4 Å². The van der Waals surface area contributed by atoms with Gasteiger partial charge in [0.05, 0.1) is 11.3 Å². The van der Waals surface area contributed by atoms with Crippen molar-refractivity contribution in [2.75, 3.05) is 17.3 Å². The average molecular weight is 473 g/mol. The number of benzene rings is 1. The van der Waals surface area contributed by atoms with E-state index < -0.39 is 29.2 Å². The van der Waals surface area contributed by atoms with Crippen LogP contribution < -0.4 is 15.5 Å². The lowest BCUT2D eigenvalue weighted by Crippen LogP contribution is -2.46. The molecule has 0 aliphatic carbocycles. The minimum atomic E-state index is -4.81. The van der Waals surface area contributed by atoms with E-state index >= 15 is 0 Å². The smallest absolute Gasteiger partial charge is 0.427 e. The third-order valence-electron chi connectivity index (χ3n) is 4.45. The standard InChI is InChI=1S/C19H18F3N3O4S2/c1-18(2,19(20,21)22)29-17(28)24-13(26)10-8-9-30-15(10)23-14(27)16-25(3)11-6-4-5-7-12(11)31-16/h4-9,16H,1-3H3,(H,23,27)(H,24,26,28). The molecule has 2 aromatic rings. The second-order valence-electron chi connectivity index (χ2n) is 7.05. The number of anilines is 2. The largest absolute Gasteiger partial charge is 0.434 e. The van der Waals surface area contributed by atoms with E-state index in [2.05, 4.69) is 10.1 Å². The van der Waals surface area contributed by atoms with Gasteiger partial charge in [-0.25, -0.2) is 4.79 Å². The Morgan fingerprint density at radius 1 is 1.13 bits per heavy atom. The summed E-state index contributed by atoms with van der Waals surface area (Å²) in [6, 6.07) is 8.84. The molecular formula is C19H18F3N3O4S2. The van der Waals surface area contributed by atoms with Crippen molar-refractivity contribution in [3.63, 3.8) is 0 Å². The van der Waals surface area contributed by atoms with Gasteiger partial charge in [0.1, 0.15) is 5.00 Å². The molecule has 3 rings (SSSR count). The molecular weight excluding hydrogens is 455 g/mol. The molecule has 31 heavy (non-hydrogen) atoms. The van der Waals surface area contributed by atoms with Gasteiger partial charge in [-0.15, -0.1) is 11.3 Å². The first kappa shape index (κ1) is 22.9. The number of ether oxygens (including phenoxy) is 1. The molecule has 2 heterocycles. The third kappa shape index (κ3) is 4.79. The summed E-state index contributed by atoms with van der Waals surface area (Å²) >= 11 is 2.39. The van der Waals surface area contributed by atoms with Crippen molar-refractivity contribution in [3.8, 4) is 0 Å². The Morgan fingerprint density at radius 3 is 2.45 bits per heavy atom. The van der Waals surface area contributed by atoms with Gasteiger partial charge in [0.15, 0.2) is 5.37 Å². The van der Waals surface area contributed by atoms with Gasteiger partial charge >= 0.3 is 12.3 Å². The van der Waals surface area contributed by atoms with Gasteiger partial charge in [-0.3, -0.25) is 14.9 Å². The van der Waals surface area contributed by atoms with Crippen LogP contribution in [0.15, 0.2) is 40.6 Å². The van der Waals surface area contributed by atoms with E-state index in [1.54, 1.807) is 17.3 Å². The van der Waals surface area contributed by atoms with Crippen LogP contribution in [-0.2, 0) is 9.53 Å². The number of rotatable bonds is 4. The first-order chi connectivity index (χ1) is 14.4. The van der Waals surface area contributed by atoms with Crippen molar-refractivity contribution in [1.29, 1.82) is 0 Å². The summed E-state index contributed by atoms with van der Waals surface area (Å²) in [7, 11) is 1.77. The van der Waals surface area contributed by atoms with E-state index in [9.17, 15) is 27.6 Å². The number of thioether (sulfide) groups is 1. The highest BCUT2D eigenvalue weighted by Crippen LogP contribution is 2.42. The molecule has 1 aromatic heterocycles. The van der Waals surface area contributed by atoms with Crippen LogP contribution in [0.25, 0.3) is 0 Å². The highest BCUT2D eigenvalue weighted by atomic mass is 32.2. The minimum absolute atomic E-state index is 0.0664. The van der Waals surface area contributed by atoms with Gasteiger partial charge in [0.2, 0.25) is 5.60 Å². The summed E-state index contributed by atoms with van der Waals surface area (Å²) in [6.45, 7) is 1.34. The molecule has 166 valence electrons. The van der Waals surface area contributed by atoms with Gasteiger partial charge in [0, 0.05) is 11.9 Å². The van der Waals surface area contributed by atoms with Crippen molar-refractivity contribution in [3.05, 3.63) is 41.3 Å². The lowest BCUT2D eigenvalue weighted by atomic mass is 10.1. The van der Waals surface area contributed by atoms with Crippen molar-refractivity contribution >= 4 is 51.7 Å². The molecule has 2 N–H and O–H groups in total. The Labute approximate surface area is 183 Å². The predicted octanol–water partition coefficient (Wildman–Crippen LogP) is 4.46. The Bertz CT molecular complexity index is 1020. The molecule has 1 aromatic carbocycles. The molecule has 0 fully saturated rings. The fourth-order valence-corrected chi connectivity index (χ4v) is 4.59. The van der Waals surface area contributed by atoms with E-state index in [1.807, 2.05) is 24.3 Å². The SMILES string of the molecule is CN1c2ccccc2SC1C(=O)Nc1sccc1C(=O)NC(=O)OC(C)(C)C(F)(F)F. The fraction of sp³-hybridized carbons (Fsp3) is 0.316. The molecule has 0 bridgehead atoms. The Hall–Kier alpha value is -2.73. The molecule has 1 atom stereocenters. The Kier molecular flexibility index (Phi) is 6.23. The van der Waals surface area contributed by atoms with Gasteiger partial charge in [-0.1, -0.05) is 23.9 Å². The molecule has 0 saturated carbocycles. The van der Waals surface area contributed by atoms with Crippen LogP contribution in [0.3, 0.4) is 0 Å². The Balaban J connectivity index is 1.65. The van der Waals surface area contributed by atoms with Crippen molar-refractivity contribution in [2.45, 2.75) is 35.9 Å². The number of imide groups is 1. The fourth-order valence-electron chi connectivity index (χ4n) is 2.64. The second kappa shape index (κ2) is 8.42. The van der Waals surface area contributed by atoms with Crippen LogP contribution in [0.5, 0.6) is 0 Å². The number of fused-ring (bicyclic) bond motifs is 1. The molecule has 12 heteroatoms. The number of amides is 3. The van der Waals surface area contributed by atoms with Crippen molar-refractivity contribution < 1.29 is 32.3 Å². The summed E-state index contributed by atoms with van der Waals surface area (Å²) in [6.07, 6.45) is -6.35. The van der Waals surface area contributed by atoms with Crippen LogP contribution >= 0.6 is 23.1 Å². The molecule has 0 spiro atoms. The number of para-hydroxylation sites is 1. The van der Waals surface area contributed by atoms with E-state index in [4.69, 9.17) is 0 Å². The lowest BCUT2D eigenvalue weighted by molar-refractivity contribution is -0.243. The predicted molar refractivity (Wildman–Crippen MR) is 112 cm³/mol. The van der Waals surface area contributed by atoms with Crippen molar-refractivity contribution in [2.24, 2.45) is 0 Å². The van der Waals surface area contributed by atoms with Gasteiger partial charge < -0.3 is 15.0 Å². The number of hydrogen-bond acceptors (Lipinski definition) is 7. The Morgan fingerprint density at radius 2 is 1.81 bits per heavy atom. The number of nitrogens with zero attached hydrogens (tertiary/aromatic N) is 1. The van der Waals surface area contributed by atoms with Crippen LogP contribution in [-0.4, -0.2) is 42.1 Å². The van der Waals surface area contributed by atoms with Crippen LogP contribution in [0.2, 0.25) is 0 Å². The van der Waals surface area contributed by atoms with Crippen LogP contribution in [0.4, 0.5) is 28.7 Å². The zero-order valence-electron chi connectivity index (χ0n) is 16.6. The zero-order chi connectivity index (χ0) is 23.0. The van der Waals surface area contributed by atoms with E-state index in [0.29, 0.717) is 13.8 Å². The highest BCUT2D eigenvalue weighted by Gasteiger charge is 2.51. The number of carbonyl (C=O) groups is 3. The normalized spacial score (nSPS) is 15.9. The van der Waals surface area contributed by atoms with Crippen LogP contribution in [0, 0.1) is 0 Å². The van der Waals surface area contributed by atoms with E-state index in [0.717, 1.165) is 21.9 Å². The average Bonchev–Trinajstić information content (AvgIpc) is 3.25. The highest BCUT2D eigenvalue weighted by molar-refractivity contribution is 8.01. The van der Waals surface area contributed by atoms with Gasteiger partial charge in [0.25, 0.3) is 11.8 Å². The molecule has 0 saturated heterocycles. The lowest BCUT2D eigenvalue weighted by Gasteiger charge is -2.27. The monoisotopic (exact) mass is 473 g/mol. The maximum absolute atomic E-state index is 12.8. The number of likely N-dealkylation sites (N-methyl/N-ethyl adjacent to an activating group) is 1. The molecule has 0 radical (unpaired) electrons. The quantitative estimate of drug-likeness (QED) is 0.682. The first-order valence-electron chi connectivity index (χ1n) is 8.88. The zero-order valence-corrected chi connectivity index (χ0v) is 18.2. The van der Waals surface area contributed by atoms with E-state index in [1.165, 1.54) is 23.2 Å². The van der Waals surface area contributed by atoms with E-state index in [-0.39, 0.29) is 16.5 Å². The number of alkyl carbamates (subject to hydrolysis) is 1. The minimum Gasteiger partial charge on any atom is -0.434 e. The second-order valence-corrected chi connectivity index (χ2v) is 9.09. The van der Waals surface area contributed by atoms with Crippen molar-refractivity contribution in [1.82, 2.24) is 5.32 Å². The summed E-state index contributed by atoms with van der Waals surface area (Å²) in [5.41, 5.74) is -1.95. The number of thiophene rings is 1. The summed E-state index contributed by atoms with van der Waals surface area (Å²) in [5, 5.41) is 5.50. The maximum atomic E-state index is 12.8. The summed E-state index contributed by atoms with van der Waals surface area (Å²) in [5.74, 6) is -1.38. The van der Waals surface area contributed by atoms with Crippen LogP contribution in [0.1, 0.15) is 24.2 Å². The number of alkyl halides is 3. The van der Waals surface area contributed by atoms with Gasteiger partial charge in [-0.2, -0.15) is 13.2 Å². The first-order valence-corrected chi connectivity index (χ1v) is 10.6. The maximum Gasteiger partial charge on any atom is 0.427 e. The third-order valence-corrected chi connectivity index (χ3v) is 6.64. The molecule has 7 nitrogen and oxygen atoms in total. The molecule has 1 unspecified atom stereocenters. The summed E-state index contributed by atoms with van der Waals surface area (Å²) in [4.78, 5) is 39.6. The molecule has 1 aliphatic rings. The molecule has 3 amide bonds. The summed E-state index contributed by atoms with van der Waals surface area (Å²) < 4.78 is 42.9.